The Labute approximate surface area is 148 Å². The van der Waals surface area contributed by atoms with Crippen molar-refractivity contribution in [3.05, 3.63) is 84.3 Å². The molecule has 3 rings (SSSR count). The van der Waals surface area contributed by atoms with Crippen molar-refractivity contribution in [2.45, 2.75) is 6.54 Å². The van der Waals surface area contributed by atoms with E-state index in [1.807, 2.05) is 0 Å². The molecule has 3 nitrogen and oxygen atoms in total. The van der Waals surface area contributed by atoms with Crippen LogP contribution in [0.2, 0.25) is 0 Å². The van der Waals surface area contributed by atoms with Crippen molar-refractivity contribution >= 4 is 5.78 Å². The van der Waals surface area contributed by atoms with Gasteiger partial charge < -0.3 is 17.0 Å². The van der Waals surface area contributed by atoms with E-state index < -0.39 is 0 Å². The molecular weight excluding hydrogens is 378 g/mol. The molecule has 0 bridgehead atoms. The molecule has 0 fully saturated rings. The van der Waals surface area contributed by atoms with Gasteiger partial charge in [-0.1, -0.05) is 0 Å². The summed E-state index contributed by atoms with van der Waals surface area (Å²) in [5, 5.41) is 0. The van der Waals surface area contributed by atoms with Crippen LogP contribution in [-0.4, -0.2) is 10.8 Å². The summed E-state index contributed by atoms with van der Waals surface area (Å²) < 4.78 is 27.4. The lowest BCUT2D eigenvalue weighted by molar-refractivity contribution is -0.686. The lowest BCUT2D eigenvalue weighted by Crippen LogP contribution is -3.00. The molecule has 0 saturated heterocycles. The van der Waals surface area contributed by atoms with Gasteiger partial charge in [-0.25, -0.2) is 13.3 Å². The average Bonchev–Trinajstić information content (AvgIpc) is 2.57. The van der Waals surface area contributed by atoms with Crippen molar-refractivity contribution < 1.29 is 35.1 Å². The van der Waals surface area contributed by atoms with Gasteiger partial charge in [0.15, 0.2) is 12.2 Å². The summed E-state index contributed by atoms with van der Waals surface area (Å²) in [6.45, 7) is 0.113. The summed E-state index contributed by atoms with van der Waals surface area (Å²) in [4.78, 5) is 16.4. The molecule has 1 heterocycles. The molecule has 0 N–H and O–H groups in total. The smallest absolute Gasteiger partial charge is 0.287 e. The predicted octanol–water partition coefficient (Wildman–Crippen LogP) is 0.201. The van der Waals surface area contributed by atoms with Gasteiger partial charge in [0.1, 0.15) is 11.6 Å². The van der Waals surface area contributed by atoms with Crippen molar-refractivity contribution in [3.63, 3.8) is 0 Å². The van der Waals surface area contributed by atoms with Crippen LogP contribution in [0.25, 0.3) is 11.3 Å². The third-order valence-electron chi connectivity index (χ3n) is 3.40. The third-order valence-corrected chi connectivity index (χ3v) is 3.40. The van der Waals surface area contributed by atoms with Gasteiger partial charge in [0.2, 0.25) is 5.78 Å². The van der Waals surface area contributed by atoms with E-state index in [1.54, 1.807) is 35.3 Å². The van der Waals surface area contributed by atoms with Crippen LogP contribution in [0.5, 0.6) is 0 Å². The van der Waals surface area contributed by atoms with Gasteiger partial charge in [0.05, 0.1) is 6.20 Å². The van der Waals surface area contributed by atoms with Crippen molar-refractivity contribution in [2.75, 3.05) is 0 Å². The molecule has 2 aromatic carbocycles. The molecule has 0 atom stereocenters. The number of carbonyl (C=O) groups is 1. The maximum Gasteiger partial charge on any atom is 0.287 e. The first kappa shape index (κ1) is 17.9. The standard InChI is InChI=1S/C18H13F2N2O.BrH/c19-15-5-1-13(2-6-15)17-9-10-22(12-21-17)11-18(23)14-3-7-16(20)8-4-14;/h1-10,12H,11H2;1H/q+1;/p-1. The minimum absolute atomic E-state index is 0. The average molecular weight is 391 g/mol. The molecule has 0 unspecified atom stereocenters. The summed E-state index contributed by atoms with van der Waals surface area (Å²) in [5.41, 5.74) is 1.93. The summed E-state index contributed by atoms with van der Waals surface area (Å²) >= 11 is 0. The van der Waals surface area contributed by atoms with Crippen molar-refractivity contribution in [2.24, 2.45) is 0 Å². The molecule has 0 aliphatic rings. The number of hydrogen-bond acceptors (Lipinski definition) is 2. The van der Waals surface area contributed by atoms with E-state index in [0.29, 0.717) is 11.3 Å². The monoisotopic (exact) mass is 390 g/mol. The molecule has 0 spiro atoms. The van der Waals surface area contributed by atoms with Crippen LogP contribution in [0.15, 0.2) is 67.1 Å². The van der Waals surface area contributed by atoms with E-state index in [0.717, 1.165) is 5.56 Å². The van der Waals surface area contributed by atoms with Gasteiger partial charge in [0, 0.05) is 17.2 Å². The minimum atomic E-state index is -0.375. The van der Waals surface area contributed by atoms with E-state index in [1.165, 1.54) is 36.4 Å². The maximum atomic E-state index is 12.9. The Morgan fingerprint density at radius 3 is 2.04 bits per heavy atom. The molecule has 0 saturated carbocycles. The summed E-state index contributed by atoms with van der Waals surface area (Å²) in [7, 11) is 0. The van der Waals surface area contributed by atoms with Crippen LogP contribution in [-0.2, 0) is 6.54 Å². The third kappa shape index (κ3) is 4.29. The summed E-state index contributed by atoms with van der Waals surface area (Å²) in [6.07, 6.45) is 3.27. The van der Waals surface area contributed by atoms with E-state index in [-0.39, 0.29) is 40.9 Å². The predicted molar refractivity (Wildman–Crippen MR) is 80.6 cm³/mol. The Balaban J connectivity index is 0.00000208. The van der Waals surface area contributed by atoms with Crippen molar-refractivity contribution in [3.8, 4) is 11.3 Å². The normalized spacial score (nSPS) is 10.1. The number of rotatable bonds is 4. The molecule has 6 heteroatoms. The first-order valence-electron chi connectivity index (χ1n) is 7.01. The number of hydrogen-bond donors (Lipinski definition) is 0. The Morgan fingerprint density at radius 1 is 0.917 bits per heavy atom. The highest BCUT2D eigenvalue weighted by Gasteiger charge is 2.12. The quantitative estimate of drug-likeness (QED) is 0.471. The fraction of sp³-hybridized carbons (Fsp3) is 0.0556. The molecule has 0 aliphatic heterocycles. The highest BCUT2D eigenvalue weighted by atomic mass is 79.9. The Hall–Kier alpha value is -2.47. The summed E-state index contributed by atoms with van der Waals surface area (Å²) in [5.74, 6) is -0.810. The number of benzene rings is 2. The van der Waals surface area contributed by atoms with Crippen LogP contribution in [0.1, 0.15) is 10.4 Å². The van der Waals surface area contributed by atoms with Crippen LogP contribution >= 0.6 is 0 Å². The van der Waals surface area contributed by atoms with E-state index in [4.69, 9.17) is 0 Å². The number of Topliss-reactive ketones (excluding diaryl/α,β-unsaturated/α-hetero) is 1. The highest BCUT2D eigenvalue weighted by Crippen LogP contribution is 2.15. The molecule has 0 radical (unpaired) electrons. The van der Waals surface area contributed by atoms with Crippen LogP contribution in [0, 0.1) is 11.6 Å². The number of aromatic nitrogens is 2. The topological polar surface area (TPSA) is 33.8 Å². The van der Waals surface area contributed by atoms with Gasteiger partial charge in [-0.15, -0.1) is 0 Å². The Morgan fingerprint density at radius 2 is 1.50 bits per heavy atom. The van der Waals surface area contributed by atoms with Crippen LogP contribution < -0.4 is 21.5 Å². The first-order chi connectivity index (χ1) is 11.1. The zero-order chi connectivity index (χ0) is 16.2. The Kier molecular flexibility index (Phi) is 5.87. The fourth-order valence-corrected chi connectivity index (χ4v) is 2.16. The number of halogens is 3. The fourth-order valence-electron chi connectivity index (χ4n) is 2.16. The lowest BCUT2D eigenvalue weighted by Gasteiger charge is -2.01. The van der Waals surface area contributed by atoms with Crippen molar-refractivity contribution in [1.29, 1.82) is 0 Å². The van der Waals surface area contributed by atoms with E-state index in [9.17, 15) is 13.6 Å². The number of carbonyl (C=O) groups excluding carboxylic acids is 1. The molecule has 24 heavy (non-hydrogen) atoms. The molecular formula is C18H13BrF2N2O. The minimum Gasteiger partial charge on any atom is -1.00 e. The Bertz CT molecular complexity index is 819. The molecule has 3 aromatic rings. The molecule has 122 valence electrons. The van der Waals surface area contributed by atoms with Gasteiger partial charge in [-0.05, 0) is 53.5 Å². The first-order valence-corrected chi connectivity index (χ1v) is 7.01. The zero-order valence-electron chi connectivity index (χ0n) is 12.5. The second-order valence-electron chi connectivity index (χ2n) is 5.05. The van der Waals surface area contributed by atoms with E-state index in [2.05, 4.69) is 4.98 Å². The second-order valence-corrected chi connectivity index (χ2v) is 5.05. The maximum absolute atomic E-state index is 12.9. The zero-order valence-corrected chi connectivity index (χ0v) is 14.1. The van der Waals surface area contributed by atoms with Gasteiger partial charge >= 0.3 is 0 Å². The number of nitrogens with zero attached hydrogens (tertiary/aromatic N) is 2. The van der Waals surface area contributed by atoms with Gasteiger partial charge in [-0.3, -0.25) is 4.79 Å². The van der Waals surface area contributed by atoms with Gasteiger partial charge in [0.25, 0.3) is 6.33 Å². The van der Waals surface area contributed by atoms with E-state index >= 15 is 0 Å². The highest BCUT2D eigenvalue weighted by molar-refractivity contribution is 5.94. The van der Waals surface area contributed by atoms with Crippen LogP contribution in [0.3, 0.4) is 0 Å². The van der Waals surface area contributed by atoms with Crippen molar-refractivity contribution in [1.82, 2.24) is 4.98 Å². The largest absolute Gasteiger partial charge is 1.00 e. The molecule has 0 amide bonds. The lowest BCUT2D eigenvalue weighted by atomic mass is 10.1. The van der Waals surface area contributed by atoms with Gasteiger partial charge in [-0.2, -0.15) is 0 Å². The molecule has 1 aromatic heterocycles. The van der Waals surface area contributed by atoms with Crippen LogP contribution in [0.4, 0.5) is 8.78 Å². The SMILES string of the molecule is O=C(C[n+]1ccc(-c2ccc(F)cc2)nc1)c1ccc(F)cc1.[Br-]. The molecule has 0 aliphatic carbocycles. The number of ketones is 1. The summed E-state index contributed by atoms with van der Waals surface area (Å²) in [6, 6.07) is 13.2. The second kappa shape index (κ2) is 7.88.